The molecule has 0 radical (unpaired) electrons. The van der Waals surface area contributed by atoms with Crippen molar-refractivity contribution in [1.82, 2.24) is 29.6 Å². The topological polar surface area (TPSA) is 94.1 Å². The summed E-state index contributed by atoms with van der Waals surface area (Å²) >= 11 is 0. The predicted octanol–water partition coefficient (Wildman–Crippen LogP) is 5.06. The quantitative estimate of drug-likeness (QED) is 0.340. The lowest BCUT2D eigenvalue weighted by atomic mass is 10.1. The standard InChI is InChI=1S/C26H33N7O2/c1-3-8-24-30-31-25(35-24)21-17-23-22(18-27-21)29-26(28-19-9-11-20(34-2)12-10-19)33(23)16-7-15-32-13-5-4-6-14-32/h9-12,17-18H,3-8,13-16H2,1-2H3,(H,28,29). The smallest absolute Gasteiger partial charge is 0.266 e. The second-order valence-corrected chi connectivity index (χ2v) is 9.01. The van der Waals surface area contributed by atoms with E-state index in [4.69, 9.17) is 14.1 Å². The van der Waals surface area contributed by atoms with Crippen molar-refractivity contribution in [2.24, 2.45) is 0 Å². The maximum atomic E-state index is 5.84. The monoisotopic (exact) mass is 475 g/mol. The number of rotatable bonds is 10. The lowest BCUT2D eigenvalue weighted by molar-refractivity contribution is 0.223. The number of fused-ring (bicyclic) bond motifs is 1. The number of aromatic nitrogens is 5. The molecule has 1 aliphatic rings. The second-order valence-electron chi connectivity index (χ2n) is 9.01. The Bertz CT molecular complexity index is 1240. The molecule has 35 heavy (non-hydrogen) atoms. The third-order valence-electron chi connectivity index (χ3n) is 6.44. The van der Waals surface area contributed by atoms with Gasteiger partial charge in [0.25, 0.3) is 5.89 Å². The van der Waals surface area contributed by atoms with Crippen LogP contribution in [0.5, 0.6) is 5.75 Å². The highest BCUT2D eigenvalue weighted by molar-refractivity contribution is 5.81. The van der Waals surface area contributed by atoms with Crippen molar-refractivity contribution in [2.75, 3.05) is 32.1 Å². The number of pyridine rings is 1. The van der Waals surface area contributed by atoms with Gasteiger partial charge in [-0.3, -0.25) is 0 Å². The molecule has 0 atom stereocenters. The van der Waals surface area contributed by atoms with Crippen LogP contribution in [0.3, 0.4) is 0 Å². The van der Waals surface area contributed by atoms with Crippen LogP contribution in [0.2, 0.25) is 0 Å². The van der Waals surface area contributed by atoms with E-state index >= 15 is 0 Å². The van der Waals surface area contributed by atoms with Gasteiger partial charge in [0.2, 0.25) is 11.8 Å². The van der Waals surface area contributed by atoms with Crippen LogP contribution in [0.4, 0.5) is 11.6 Å². The summed E-state index contributed by atoms with van der Waals surface area (Å²) in [5, 5.41) is 11.9. The molecule has 0 amide bonds. The summed E-state index contributed by atoms with van der Waals surface area (Å²) < 4.78 is 13.4. The molecule has 0 bridgehead atoms. The molecule has 0 unspecified atom stereocenters. The highest BCUT2D eigenvalue weighted by Gasteiger charge is 2.17. The number of methoxy groups -OCH3 is 1. The fourth-order valence-electron chi connectivity index (χ4n) is 4.58. The van der Waals surface area contributed by atoms with Crippen molar-refractivity contribution in [3.8, 4) is 17.3 Å². The Labute approximate surface area is 205 Å². The number of benzene rings is 1. The Morgan fingerprint density at radius 3 is 2.66 bits per heavy atom. The van der Waals surface area contributed by atoms with Crippen molar-refractivity contribution in [1.29, 1.82) is 0 Å². The molecule has 1 aliphatic heterocycles. The molecular formula is C26H33N7O2. The first kappa shape index (κ1) is 23.3. The SMILES string of the molecule is CCCc1nnc(-c2cc3c(cn2)nc(Nc2ccc(OC)cc2)n3CCCN2CCCCC2)o1. The summed E-state index contributed by atoms with van der Waals surface area (Å²) in [7, 11) is 1.67. The molecule has 0 saturated carbocycles. The van der Waals surface area contributed by atoms with Crippen molar-refractivity contribution in [2.45, 2.75) is 52.0 Å². The Balaban J connectivity index is 1.43. The highest BCUT2D eigenvalue weighted by atomic mass is 16.5. The van der Waals surface area contributed by atoms with Gasteiger partial charge in [0.15, 0.2) is 0 Å². The number of aryl methyl sites for hydroxylation is 2. The van der Waals surface area contributed by atoms with E-state index in [1.165, 1.54) is 32.4 Å². The molecule has 1 saturated heterocycles. The normalized spacial score (nSPS) is 14.5. The molecule has 0 spiro atoms. The zero-order valence-electron chi connectivity index (χ0n) is 20.5. The van der Waals surface area contributed by atoms with Gasteiger partial charge in [0.1, 0.15) is 17.0 Å². The Kier molecular flexibility index (Phi) is 7.23. The van der Waals surface area contributed by atoms with Crippen LogP contribution in [-0.4, -0.2) is 56.4 Å². The van der Waals surface area contributed by atoms with Gasteiger partial charge >= 0.3 is 0 Å². The summed E-state index contributed by atoms with van der Waals surface area (Å²) in [6.07, 6.45) is 8.51. The first-order chi connectivity index (χ1) is 17.2. The molecule has 184 valence electrons. The summed E-state index contributed by atoms with van der Waals surface area (Å²) in [6.45, 7) is 6.43. The summed E-state index contributed by atoms with van der Waals surface area (Å²) in [5.41, 5.74) is 3.45. The molecule has 9 nitrogen and oxygen atoms in total. The number of nitrogens with zero attached hydrogens (tertiary/aromatic N) is 6. The minimum atomic E-state index is 0.445. The van der Waals surface area contributed by atoms with E-state index in [-0.39, 0.29) is 0 Å². The van der Waals surface area contributed by atoms with Gasteiger partial charge in [-0.25, -0.2) is 9.97 Å². The van der Waals surface area contributed by atoms with Gasteiger partial charge in [-0.15, -0.1) is 10.2 Å². The second kappa shape index (κ2) is 10.9. The predicted molar refractivity (Wildman–Crippen MR) is 136 cm³/mol. The zero-order valence-corrected chi connectivity index (χ0v) is 20.5. The van der Waals surface area contributed by atoms with Crippen LogP contribution in [0, 0.1) is 0 Å². The minimum absolute atomic E-state index is 0.445. The lowest BCUT2D eigenvalue weighted by Crippen LogP contribution is -2.31. The van der Waals surface area contributed by atoms with E-state index in [0.717, 1.165) is 60.8 Å². The van der Waals surface area contributed by atoms with E-state index in [1.54, 1.807) is 13.3 Å². The van der Waals surface area contributed by atoms with Crippen LogP contribution in [0.1, 0.15) is 44.9 Å². The number of imidazole rings is 1. The molecular weight excluding hydrogens is 442 g/mol. The summed E-state index contributed by atoms with van der Waals surface area (Å²) in [6, 6.07) is 9.87. The molecule has 0 aliphatic carbocycles. The van der Waals surface area contributed by atoms with Crippen LogP contribution in [0.25, 0.3) is 22.6 Å². The minimum Gasteiger partial charge on any atom is -0.497 e. The average molecular weight is 476 g/mol. The number of ether oxygens (including phenoxy) is 1. The van der Waals surface area contributed by atoms with Gasteiger partial charge < -0.3 is 23.9 Å². The van der Waals surface area contributed by atoms with E-state index in [9.17, 15) is 0 Å². The molecule has 9 heteroatoms. The maximum absolute atomic E-state index is 5.84. The van der Waals surface area contributed by atoms with Crippen LogP contribution >= 0.6 is 0 Å². The summed E-state index contributed by atoms with van der Waals surface area (Å²) in [4.78, 5) is 12.0. The van der Waals surface area contributed by atoms with Crippen molar-refractivity contribution in [3.63, 3.8) is 0 Å². The Hall–Kier alpha value is -3.46. The average Bonchev–Trinajstić information content (AvgIpc) is 3.50. The number of hydrogen-bond donors (Lipinski definition) is 1. The van der Waals surface area contributed by atoms with E-state index in [2.05, 4.69) is 36.9 Å². The maximum Gasteiger partial charge on any atom is 0.266 e. The molecule has 1 N–H and O–H groups in total. The summed E-state index contributed by atoms with van der Waals surface area (Å²) in [5.74, 6) is 2.70. The van der Waals surface area contributed by atoms with Crippen LogP contribution in [-0.2, 0) is 13.0 Å². The molecule has 3 aromatic heterocycles. The van der Waals surface area contributed by atoms with Gasteiger partial charge in [0.05, 0.1) is 18.8 Å². The van der Waals surface area contributed by atoms with Gasteiger partial charge in [0, 0.05) is 18.7 Å². The molecule has 1 fully saturated rings. The molecule has 1 aromatic carbocycles. The van der Waals surface area contributed by atoms with Crippen LogP contribution < -0.4 is 10.1 Å². The Morgan fingerprint density at radius 1 is 1.06 bits per heavy atom. The van der Waals surface area contributed by atoms with E-state index in [1.807, 2.05) is 30.3 Å². The first-order valence-electron chi connectivity index (χ1n) is 12.6. The first-order valence-corrected chi connectivity index (χ1v) is 12.6. The largest absolute Gasteiger partial charge is 0.497 e. The molecule has 4 aromatic rings. The van der Waals surface area contributed by atoms with Gasteiger partial charge in [-0.05, 0) is 75.6 Å². The highest BCUT2D eigenvalue weighted by Crippen LogP contribution is 2.27. The number of likely N-dealkylation sites (tertiary alicyclic amines) is 1. The number of nitrogens with one attached hydrogen (secondary N) is 1. The fraction of sp³-hybridized carbons (Fsp3) is 0.462. The Morgan fingerprint density at radius 2 is 1.89 bits per heavy atom. The number of hydrogen-bond acceptors (Lipinski definition) is 8. The van der Waals surface area contributed by atoms with E-state index < -0.39 is 0 Å². The fourth-order valence-corrected chi connectivity index (χ4v) is 4.58. The third kappa shape index (κ3) is 5.45. The number of piperidine rings is 1. The van der Waals surface area contributed by atoms with Gasteiger partial charge in [-0.1, -0.05) is 13.3 Å². The van der Waals surface area contributed by atoms with E-state index in [0.29, 0.717) is 17.5 Å². The molecule has 5 rings (SSSR count). The van der Waals surface area contributed by atoms with Gasteiger partial charge in [-0.2, -0.15) is 0 Å². The third-order valence-corrected chi connectivity index (χ3v) is 6.44. The zero-order chi connectivity index (χ0) is 24.0. The number of anilines is 2. The van der Waals surface area contributed by atoms with Crippen molar-refractivity contribution < 1.29 is 9.15 Å². The molecule has 4 heterocycles. The lowest BCUT2D eigenvalue weighted by Gasteiger charge is -2.26. The van der Waals surface area contributed by atoms with Crippen LogP contribution in [0.15, 0.2) is 40.9 Å². The van der Waals surface area contributed by atoms with Crippen molar-refractivity contribution in [3.05, 3.63) is 42.4 Å². The van der Waals surface area contributed by atoms with Crippen molar-refractivity contribution >= 4 is 22.7 Å².